The number of benzene rings is 1. The summed E-state index contributed by atoms with van der Waals surface area (Å²) in [7, 11) is 5.53. The minimum absolute atomic E-state index is 0. The Kier molecular flexibility index (Phi) is 5.53. The monoisotopic (exact) mass is 297 g/mol. The van der Waals surface area contributed by atoms with Crippen LogP contribution in [0, 0.1) is 0 Å². The fraction of sp³-hybridized carbons (Fsp3) is 0.429. The summed E-state index contributed by atoms with van der Waals surface area (Å²) in [5, 5.41) is 0.592. The smallest absolute Gasteiger partial charge is 0.309 e. The number of rotatable bonds is 4. The van der Waals surface area contributed by atoms with Gasteiger partial charge in [0.25, 0.3) is 5.56 Å². The molecule has 0 fully saturated rings. The van der Waals surface area contributed by atoms with E-state index < -0.39 is 0 Å². The van der Waals surface area contributed by atoms with Gasteiger partial charge in [-0.1, -0.05) is 12.1 Å². The van der Waals surface area contributed by atoms with Gasteiger partial charge in [0.15, 0.2) is 0 Å². The first-order valence-electron chi connectivity index (χ1n) is 6.35. The molecule has 5 nitrogen and oxygen atoms in total. The third-order valence-electron chi connectivity index (χ3n) is 3.23. The van der Waals surface area contributed by atoms with Crippen LogP contribution >= 0.6 is 12.4 Å². The number of aryl methyl sites for hydroxylation is 1. The standard InChI is InChI=1S/C14H19N3O2.ClH/c1-15(2)9-6-10-17-12-8-5-4-7-11(12)13(18)16(3)14(17)19;/h4-5,7-8H,6,9-10H2,1-3H3;1H. The largest absolute Gasteiger partial charge is 0.331 e. The minimum Gasteiger partial charge on any atom is -0.309 e. The number of nitrogens with zero attached hydrogens (tertiary/aromatic N) is 3. The molecule has 0 bridgehead atoms. The molecule has 2 rings (SSSR count). The van der Waals surface area contributed by atoms with Crippen LogP contribution in [0.1, 0.15) is 6.42 Å². The van der Waals surface area contributed by atoms with Gasteiger partial charge in [-0.2, -0.15) is 0 Å². The summed E-state index contributed by atoms with van der Waals surface area (Å²) < 4.78 is 2.86. The highest BCUT2D eigenvalue weighted by atomic mass is 35.5. The van der Waals surface area contributed by atoms with Crippen molar-refractivity contribution in [2.75, 3.05) is 20.6 Å². The van der Waals surface area contributed by atoms with Gasteiger partial charge in [0, 0.05) is 13.6 Å². The number of aromatic nitrogens is 2. The number of hydrogen-bond acceptors (Lipinski definition) is 3. The molecule has 6 heteroatoms. The molecular formula is C14H20ClN3O2. The molecule has 0 spiro atoms. The SMILES string of the molecule is CN(C)CCCn1c(=O)n(C)c(=O)c2ccccc21.Cl. The molecule has 1 aromatic heterocycles. The van der Waals surface area contributed by atoms with Gasteiger partial charge in [-0.25, -0.2) is 4.79 Å². The molecule has 0 radical (unpaired) electrons. The minimum atomic E-state index is -0.248. The van der Waals surface area contributed by atoms with Crippen LogP contribution in [-0.4, -0.2) is 34.7 Å². The molecule has 0 N–H and O–H groups in total. The summed E-state index contributed by atoms with van der Waals surface area (Å²) in [6, 6.07) is 7.26. The van der Waals surface area contributed by atoms with Crippen molar-refractivity contribution in [3.8, 4) is 0 Å². The lowest BCUT2D eigenvalue weighted by molar-refractivity contribution is 0.384. The maximum absolute atomic E-state index is 12.2. The highest BCUT2D eigenvalue weighted by Gasteiger charge is 2.09. The molecule has 2 aromatic rings. The number of hydrogen-bond donors (Lipinski definition) is 0. The van der Waals surface area contributed by atoms with Crippen molar-refractivity contribution in [2.45, 2.75) is 13.0 Å². The molecule has 110 valence electrons. The Morgan fingerprint density at radius 1 is 1.15 bits per heavy atom. The van der Waals surface area contributed by atoms with Gasteiger partial charge in [0.05, 0.1) is 10.9 Å². The van der Waals surface area contributed by atoms with Crippen molar-refractivity contribution in [3.05, 3.63) is 45.1 Å². The van der Waals surface area contributed by atoms with Gasteiger partial charge in [-0.15, -0.1) is 12.4 Å². The molecule has 0 saturated heterocycles. The quantitative estimate of drug-likeness (QED) is 0.848. The zero-order valence-electron chi connectivity index (χ0n) is 12.0. The predicted octanol–water partition coefficient (Wildman–Crippen LogP) is 1.07. The van der Waals surface area contributed by atoms with E-state index in [1.165, 1.54) is 11.6 Å². The summed E-state index contributed by atoms with van der Waals surface area (Å²) in [6.07, 6.45) is 0.870. The predicted molar refractivity (Wildman–Crippen MR) is 83.9 cm³/mol. The van der Waals surface area contributed by atoms with E-state index in [9.17, 15) is 9.59 Å². The zero-order valence-corrected chi connectivity index (χ0v) is 12.8. The van der Waals surface area contributed by atoms with Crippen LogP contribution in [0.4, 0.5) is 0 Å². The Morgan fingerprint density at radius 3 is 2.45 bits per heavy atom. The van der Waals surface area contributed by atoms with Crippen molar-refractivity contribution in [3.63, 3.8) is 0 Å². The third kappa shape index (κ3) is 3.11. The average Bonchev–Trinajstić information content (AvgIpc) is 2.40. The summed E-state index contributed by atoms with van der Waals surface area (Å²) in [6.45, 7) is 1.52. The van der Waals surface area contributed by atoms with E-state index in [-0.39, 0.29) is 23.7 Å². The second-order valence-electron chi connectivity index (χ2n) is 4.97. The lowest BCUT2D eigenvalue weighted by Gasteiger charge is -2.13. The van der Waals surface area contributed by atoms with E-state index in [2.05, 4.69) is 4.90 Å². The summed E-state index contributed by atoms with van der Waals surface area (Å²) in [5.74, 6) is 0. The second kappa shape index (κ2) is 6.72. The lowest BCUT2D eigenvalue weighted by Crippen LogP contribution is -2.38. The molecule has 0 amide bonds. The topological polar surface area (TPSA) is 47.2 Å². The van der Waals surface area contributed by atoms with Crippen LogP contribution in [0.2, 0.25) is 0 Å². The van der Waals surface area contributed by atoms with Crippen LogP contribution in [-0.2, 0) is 13.6 Å². The van der Waals surface area contributed by atoms with E-state index in [1.54, 1.807) is 10.6 Å². The van der Waals surface area contributed by atoms with E-state index >= 15 is 0 Å². The molecule has 0 aliphatic carbocycles. The van der Waals surface area contributed by atoms with Gasteiger partial charge in [0.2, 0.25) is 0 Å². The Hall–Kier alpha value is -1.59. The first-order chi connectivity index (χ1) is 9.02. The van der Waals surface area contributed by atoms with Crippen LogP contribution in [0.25, 0.3) is 10.9 Å². The van der Waals surface area contributed by atoms with Gasteiger partial charge < -0.3 is 4.90 Å². The Morgan fingerprint density at radius 2 is 1.80 bits per heavy atom. The van der Waals surface area contributed by atoms with Crippen molar-refractivity contribution >= 4 is 23.3 Å². The first kappa shape index (κ1) is 16.5. The van der Waals surface area contributed by atoms with Crippen LogP contribution in [0.5, 0.6) is 0 Å². The van der Waals surface area contributed by atoms with Crippen molar-refractivity contribution < 1.29 is 0 Å². The fourth-order valence-electron chi connectivity index (χ4n) is 2.20. The third-order valence-corrected chi connectivity index (χ3v) is 3.23. The molecule has 0 saturated carbocycles. The van der Waals surface area contributed by atoms with E-state index in [1.807, 2.05) is 32.3 Å². The Bertz CT molecular complexity index is 704. The van der Waals surface area contributed by atoms with Crippen LogP contribution < -0.4 is 11.2 Å². The molecule has 0 aliphatic heterocycles. The van der Waals surface area contributed by atoms with Crippen molar-refractivity contribution in [1.82, 2.24) is 14.0 Å². The second-order valence-corrected chi connectivity index (χ2v) is 4.97. The Labute approximate surface area is 123 Å². The number of halogens is 1. The number of para-hydroxylation sites is 1. The normalized spacial score (nSPS) is 10.8. The Balaban J connectivity index is 0.00000200. The molecule has 1 heterocycles. The first-order valence-corrected chi connectivity index (χ1v) is 6.35. The fourth-order valence-corrected chi connectivity index (χ4v) is 2.20. The van der Waals surface area contributed by atoms with Crippen molar-refractivity contribution in [2.24, 2.45) is 7.05 Å². The van der Waals surface area contributed by atoms with Crippen LogP contribution in [0.15, 0.2) is 33.9 Å². The highest BCUT2D eigenvalue weighted by Crippen LogP contribution is 2.07. The molecule has 0 aliphatic rings. The van der Waals surface area contributed by atoms with Gasteiger partial charge in [-0.3, -0.25) is 13.9 Å². The molecule has 1 aromatic carbocycles. The molecule has 20 heavy (non-hydrogen) atoms. The van der Waals surface area contributed by atoms with Crippen molar-refractivity contribution in [1.29, 1.82) is 0 Å². The summed E-state index contributed by atoms with van der Waals surface area (Å²) in [5.41, 5.74) is 0.237. The highest BCUT2D eigenvalue weighted by molar-refractivity contribution is 5.85. The van der Waals surface area contributed by atoms with Gasteiger partial charge in [0.1, 0.15) is 0 Å². The van der Waals surface area contributed by atoms with Gasteiger partial charge >= 0.3 is 5.69 Å². The molecule has 0 atom stereocenters. The van der Waals surface area contributed by atoms with E-state index in [0.717, 1.165) is 13.0 Å². The van der Waals surface area contributed by atoms with E-state index in [4.69, 9.17) is 0 Å². The molecular weight excluding hydrogens is 278 g/mol. The summed E-state index contributed by atoms with van der Waals surface area (Å²) in [4.78, 5) is 26.3. The maximum atomic E-state index is 12.2. The van der Waals surface area contributed by atoms with Crippen LogP contribution in [0.3, 0.4) is 0 Å². The molecule has 0 unspecified atom stereocenters. The lowest BCUT2D eigenvalue weighted by atomic mass is 10.2. The summed E-state index contributed by atoms with van der Waals surface area (Å²) >= 11 is 0. The average molecular weight is 298 g/mol. The zero-order chi connectivity index (χ0) is 14.0. The number of fused-ring (bicyclic) bond motifs is 1. The van der Waals surface area contributed by atoms with E-state index in [0.29, 0.717) is 17.4 Å². The van der Waals surface area contributed by atoms with Gasteiger partial charge in [-0.05, 0) is 39.2 Å². The maximum Gasteiger partial charge on any atom is 0.331 e.